The zero-order valence-electron chi connectivity index (χ0n) is 12.5. The van der Waals surface area contributed by atoms with E-state index in [0.29, 0.717) is 11.5 Å². The zero-order valence-corrected chi connectivity index (χ0v) is 13.3. The molecule has 0 saturated carbocycles. The molecular weight excluding hydrogens is 290 g/mol. The van der Waals surface area contributed by atoms with Crippen molar-refractivity contribution in [2.75, 3.05) is 13.7 Å². The quantitative estimate of drug-likeness (QED) is 0.724. The number of carbonyl (C=O) groups excluding carboxylic acids is 1. The topological polar surface area (TPSA) is 75.6 Å². The largest absolute Gasteiger partial charge is 0.478 e. The molecule has 0 aliphatic carbocycles. The van der Waals surface area contributed by atoms with Gasteiger partial charge in [0.1, 0.15) is 0 Å². The first-order chi connectivity index (χ1) is 9.97. The van der Waals surface area contributed by atoms with Gasteiger partial charge in [0.25, 0.3) is 5.91 Å². The van der Waals surface area contributed by atoms with Crippen LogP contribution in [0.25, 0.3) is 6.08 Å². The molecule has 0 aliphatic heterocycles. The van der Waals surface area contributed by atoms with Gasteiger partial charge in [-0.3, -0.25) is 4.79 Å². The average Bonchev–Trinajstić information content (AvgIpc) is 2.78. The molecule has 1 amide bonds. The van der Waals surface area contributed by atoms with Gasteiger partial charge in [0, 0.05) is 18.1 Å². The molecule has 1 rings (SSSR count). The molecule has 0 spiro atoms. The Morgan fingerprint density at radius 3 is 2.81 bits per heavy atom. The van der Waals surface area contributed by atoms with E-state index in [1.165, 1.54) is 17.4 Å². The predicted molar refractivity (Wildman–Crippen MR) is 83.8 cm³/mol. The number of aliphatic carboxylic acids is 1. The number of hydrogen-bond acceptors (Lipinski definition) is 4. The Morgan fingerprint density at radius 1 is 1.52 bits per heavy atom. The van der Waals surface area contributed by atoms with E-state index in [4.69, 9.17) is 9.84 Å². The highest BCUT2D eigenvalue weighted by Crippen LogP contribution is 2.23. The number of carboxylic acids is 1. The van der Waals surface area contributed by atoms with Crippen LogP contribution in [-0.2, 0) is 9.53 Å². The highest BCUT2D eigenvalue weighted by atomic mass is 32.1. The molecule has 6 heteroatoms. The number of methoxy groups -OCH3 is 1. The Labute approximate surface area is 128 Å². The summed E-state index contributed by atoms with van der Waals surface area (Å²) < 4.78 is 5.10. The van der Waals surface area contributed by atoms with E-state index in [9.17, 15) is 9.59 Å². The normalized spacial score (nSPS) is 12.5. The molecule has 0 saturated heterocycles. The Bertz CT molecular complexity index is 516. The molecule has 0 aliphatic rings. The second kappa shape index (κ2) is 8.59. The Hall–Kier alpha value is -1.66. The molecule has 1 heterocycles. The number of carboxylic acid groups (broad SMARTS) is 1. The summed E-state index contributed by atoms with van der Waals surface area (Å²) in [6.45, 7) is 4.39. The van der Waals surface area contributed by atoms with Gasteiger partial charge in [-0.15, -0.1) is 11.3 Å². The van der Waals surface area contributed by atoms with Gasteiger partial charge < -0.3 is 15.2 Å². The van der Waals surface area contributed by atoms with Crippen LogP contribution in [0, 0.1) is 6.92 Å². The molecule has 1 unspecified atom stereocenters. The number of rotatable bonds is 8. The lowest BCUT2D eigenvalue weighted by Gasteiger charge is -2.16. The summed E-state index contributed by atoms with van der Waals surface area (Å²) in [5.41, 5.74) is 0.890. The van der Waals surface area contributed by atoms with E-state index < -0.39 is 5.97 Å². The predicted octanol–water partition coefficient (Wildman–Crippen LogP) is 2.70. The number of amides is 1. The summed E-state index contributed by atoms with van der Waals surface area (Å²) in [7, 11) is 1.61. The third-order valence-electron chi connectivity index (χ3n) is 2.90. The fourth-order valence-electron chi connectivity index (χ4n) is 1.92. The molecule has 0 bridgehead atoms. The number of thiophene rings is 1. The molecule has 21 heavy (non-hydrogen) atoms. The van der Waals surface area contributed by atoms with Crippen molar-refractivity contribution in [3.05, 3.63) is 27.5 Å². The van der Waals surface area contributed by atoms with Gasteiger partial charge in [-0.2, -0.15) is 0 Å². The first-order valence-corrected chi connectivity index (χ1v) is 7.60. The van der Waals surface area contributed by atoms with Gasteiger partial charge in [-0.1, -0.05) is 13.3 Å². The van der Waals surface area contributed by atoms with E-state index in [1.54, 1.807) is 13.2 Å². The SMILES string of the molecule is CCCC(COC)NC(=O)c1cc(C)c(/C=C/C(=O)O)s1. The van der Waals surface area contributed by atoms with E-state index in [2.05, 4.69) is 12.2 Å². The molecule has 5 nitrogen and oxygen atoms in total. The maximum absolute atomic E-state index is 12.2. The summed E-state index contributed by atoms with van der Waals surface area (Å²) in [5.74, 6) is -1.15. The molecular formula is C15H21NO4S. The maximum Gasteiger partial charge on any atom is 0.328 e. The number of carbonyl (C=O) groups is 2. The van der Waals surface area contributed by atoms with Gasteiger partial charge in [0.05, 0.1) is 17.5 Å². The second-order valence-electron chi connectivity index (χ2n) is 4.74. The van der Waals surface area contributed by atoms with Crippen LogP contribution >= 0.6 is 11.3 Å². The van der Waals surface area contributed by atoms with Crippen molar-refractivity contribution in [3.63, 3.8) is 0 Å². The number of hydrogen-bond donors (Lipinski definition) is 2. The van der Waals surface area contributed by atoms with Gasteiger partial charge in [-0.05, 0) is 31.1 Å². The molecule has 116 valence electrons. The van der Waals surface area contributed by atoms with E-state index in [0.717, 1.165) is 29.4 Å². The molecule has 0 radical (unpaired) electrons. The lowest BCUT2D eigenvalue weighted by molar-refractivity contribution is -0.131. The highest BCUT2D eigenvalue weighted by molar-refractivity contribution is 7.15. The first kappa shape index (κ1) is 17.4. The summed E-state index contributed by atoms with van der Waals surface area (Å²) >= 11 is 1.28. The molecule has 0 fully saturated rings. The van der Waals surface area contributed by atoms with Crippen LogP contribution in [0.5, 0.6) is 0 Å². The molecule has 1 atom stereocenters. The van der Waals surface area contributed by atoms with Crippen molar-refractivity contribution >= 4 is 29.3 Å². The third kappa shape index (κ3) is 5.69. The minimum Gasteiger partial charge on any atom is -0.478 e. The van der Waals surface area contributed by atoms with E-state index >= 15 is 0 Å². The van der Waals surface area contributed by atoms with Crippen LogP contribution in [-0.4, -0.2) is 36.7 Å². The van der Waals surface area contributed by atoms with Crippen molar-refractivity contribution in [2.45, 2.75) is 32.7 Å². The minimum absolute atomic E-state index is 0.00656. The van der Waals surface area contributed by atoms with Crippen LogP contribution in [0.1, 0.15) is 39.9 Å². The first-order valence-electron chi connectivity index (χ1n) is 6.79. The lowest BCUT2D eigenvalue weighted by Crippen LogP contribution is -2.37. The van der Waals surface area contributed by atoms with Crippen LogP contribution < -0.4 is 5.32 Å². The Balaban J connectivity index is 2.78. The summed E-state index contributed by atoms with van der Waals surface area (Å²) in [6.07, 6.45) is 4.41. The Morgan fingerprint density at radius 2 is 2.24 bits per heavy atom. The van der Waals surface area contributed by atoms with Crippen LogP contribution in [0.2, 0.25) is 0 Å². The van der Waals surface area contributed by atoms with Crippen LogP contribution in [0.4, 0.5) is 0 Å². The van der Waals surface area contributed by atoms with Gasteiger partial charge in [-0.25, -0.2) is 4.79 Å². The summed E-state index contributed by atoms with van der Waals surface area (Å²) in [6, 6.07) is 1.77. The molecule has 0 aromatic carbocycles. The summed E-state index contributed by atoms with van der Waals surface area (Å²) in [5, 5.41) is 11.6. The number of ether oxygens (including phenoxy) is 1. The van der Waals surface area contributed by atoms with Crippen molar-refractivity contribution in [1.82, 2.24) is 5.32 Å². The summed E-state index contributed by atoms with van der Waals surface area (Å²) in [4.78, 5) is 24.1. The molecule has 2 N–H and O–H groups in total. The van der Waals surface area contributed by atoms with Gasteiger partial charge in [0.2, 0.25) is 0 Å². The second-order valence-corrected chi connectivity index (χ2v) is 5.83. The smallest absolute Gasteiger partial charge is 0.328 e. The molecule has 1 aromatic rings. The average molecular weight is 311 g/mol. The van der Waals surface area contributed by atoms with Crippen LogP contribution in [0.3, 0.4) is 0 Å². The number of aryl methyl sites for hydroxylation is 1. The Kier molecular flexibility index (Phi) is 7.11. The van der Waals surface area contributed by atoms with Gasteiger partial charge >= 0.3 is 5.97 Å². The van der Waals surface area contributed by atoms with Crippen molar-refractivity contribution in [2.24, 2.45) is 0 Å². The van der Waals surface area contributed by atoms with E-state index in [-0.39, 0.29) is 11.9 Å². The fourth-order valence-corrected chi connectivity index (χ4v) is 2.90. The fraction of sp³-hybridized carbons (Fsp3) is 0.467. The lowest BCUT2D eigenvalue weighted by atomic mass is 10.2. The van der Waals surface area contributed by atoms with E-state index in [1.807, 2.05) is 6.92 Å². The standard InChI is InChI=1S/C15H21NO4S/c1-4-5-11(9-20-3)16-15(19)13-8-10(2)12(21-13)6-7-14(17)18/h6-8,11H,4-5,9H2,1-3H3,(H,16,19)(H,17,18)/b7-6+. The maximum atomic E-state index is 12.2. The third-order valence-corrected chi connectivity index (χ3v) is 4.10. The van der Waals surface area contributed by atoms with Crippen molar-refractivity contribution < 1.29 is 19.4 Å². The molecule has 1 aromatic heterocycles. The van der Waals surface area contributed by atoms with Crippen LogP contribution in [0.15, 0.2) is 12.1 Å². The van der Waals surface area contributed by atoms with Gasteiger partial charge in [0.15, 0.2) is 0 Å². The van der Waals surface area contributed by atoms with Crippen molar-refractivity contribution in [1.29, 1.82) is 0 Å². The minimum atomic E-state index is -1.00. The zero-order chi connectivity index (χ0) is 15.8. The monoisotopic (exact) mass is 311 g/mol. The van der Waals surface area contributed by atoms with Crippen molar-refractivity contribution in [3.8, 4) is 0 Å². The number of nitrogens with one attached hydrogen (secondary N) is 1. The highest BCUT2D eigenvalue weighted by Gasteiger charge is 2.16.